The normalized spacial score (nSPS) is 14.3. The summed E-state index contributed by atoms with van der Waals surface area (Å²) >= 11 is 0. The van der Waals surface area contributed by atoms with Gasteiger partial charge in [0, 0.05) is 11.5 Å². The van der Waals surface area contributed by atoms with E-state index in [1.165, 1.54) is 12.1 Å². The Morgan fingerprint density at radius 2 is 1.76 bits per heavy atom. The second-order valence-electron chi connectivity index (χ2n) is 3.59. The second-order valence-corrected chi connectivity index (χ2v) is 3.59. The number of pyridine rings is 1. The molecule has 17 heavy (non-hydrogen) atoms. The molecule has 0 unspecified atom stereocenters. The highest BCUT2D eigenvalue weighted by Crippen LogP contribution is 2.36. The summed E-state index contributed by atoms with van der Waals surface area (Å²) in [5.41, 5.74) is -0.673. The summed E-state index contributed by atoms with van der Waals surface area (Å²) in [5.74, 6) is 0.948. The Kier molecular flexibility index (Phi) is 1.95. The van der Waals surface area contributed by atoms with Crippen molar-refractivity contribution in [3.8, 4) is 11.5 Å². The Morgan fingerprint density at radius 3 is 2.47 bits per heavy atom. The Labute approximate surface area is 93.8 Å². The highest BCUT2D eigenvalue weighted by atomic mass is 19.4. The minimum Gasteiger partial charge on any atom is -0.454 e. The van der Waals surface area contributed by atoms with Crippen molar-refractivity contribution in [3.05, 3.63) is 30.0 Å². The van der Waals surface area contributed by atoms with Crippen LogP contribution in [0.4, 0.5) is 13.2 Å². The van der Waals surface area contributed by atoms with Gasteiger partial charge < -0.3 is 9.47 Å². The highest BCUT2D eigenvalue weighted by Gasteiger charge is 2.32. The molecule has 0 bridgehead atoms. The summed E-state index contributed by atoms with van der Waals surface area (Å²) in [6, 6.07) is 5.38. The minimum atomic E-state index is -4.44. The Hall–Kier alpha value is -1.98. The first-order chi connectivity index (χ1) is 8.04. The van der Waals surface area contributed by atoms with Crippen LogP contribution in [0.2, 0.25) is 0 Å². The zero-order valence-electron chi connectivity index (χ0n) is 8.41. The number of nitrogens with zero attached hydrogens (tertiary/aromatic N) is 1. The van der Waals surface area contributed by atoms with E-state index in [1.807, 2.05) is 0 Å². The van der Waals surface area contributed by atoms with Crippen LogP contribution < -0.4 is 9.47 Å². The molecule has 0 saturated heterocycles. The molecule has 3 nitrogen and oxygen atoms in total. The molecule has 1 aromatic carbocycles. The molecule has 0 aliphatic carbocycles. The lowest BCUT2D eigenvalue weighted by molar-refractivity contribution is -0.140. The van der Waals surface area contributed by atoms with Gasteiger partial charge in [0.25, 0.3) is 0 Å². The maximum atomic E-state index is 12.5. The number of benzene rings is 1. The summed E-state index contributed by atoms with van der Waals surface area (Å²) in [6.07, 6.45) is -4.44. The first-order valence-corrected chi connectivity index (χ1v) is 4.82. The van der Waals surface area contributed by atoms with Gasteiger partial charge in [-0.25, -0.2) is 4.98 Å². The molecule has 0 N–H and O–H groups in total. The SMILES string of the molecule is FC(F)(F)c1ccc2cc3c(cc2n1)OCO3. The predicted molar refractivity (Wildman–Crippen MR) is 52.9 cm³/mol. The smallest absolute Gasteiger partial charge is 0.433 e. The van der Waals surface area contributed by atoms with Crippen molar-refractivity contribution in [1.82, 2.24) is 4.98 Å². The largest absolute Gasteiger partial charge is 0.454 e. The van der Waals surface area contributed by atoms with Gasteiger partial charge in [0.15, 0.2) is 11.5 Å². The van der Waals surface area contributed by atoms with E-state index in [0.717, 1.165) is 6.07 Å². The van der Waals surface area contributed by atoms with Gasteiger partial charge in [-0.05, 0) is 12.1 Å². The number of hydrogen-bond donors (Lipinski definition) is 0. The highest BCUT2D eigenvalue weighted by molar-refractivity contribution is 5.83. The van der Waals surface area contributed by atoms with Crippen molar-refractivity contribution >= 4 is 10.9 Å². The van der Waals surface area contributed by atoms with Crippen LogP contribution in [0.1, 0.15) is 5.69 Å². The predicted octanol–water partition coefficient (Wildman–Crippen LogP) is 2.98. The molecule has 1 aliphatic rings. The molecule has 0 radical (unpaired) electrons. The number of hydrogen-bond acceptors (Lipinski definition) is 3. The molecule has 6 heteroatoms. The number of ether oxygens (including phenoxy) is 2. The second kappa shape index (κ2) is 3.26. The molecule has 1 aromatic heterocycles. The first-order valence-electron chi connectivity index (χ1n) is 4.82. The zero-order chi connectivity index (χ0) is 12.0. The molecular weight excluding hydrogens is 235 g/mol. The van der Waals surface area contributed by atoms with Crippen molar-refractivity contribution in [2.24, 2.45) is 0 Å². The van der Waals surface area contributed by atoms with Crippen molar-refractivity contribution < 1.29 is 22.6 Å². The van der Waals surface area contributed by atoms with Gasteiger partial charge in [-0.15, -0.1) is 0 Å². The lowest BCUT2D eigenvalue weighted by Crippen LogP contribution is -2.07. The monoisotopic (exact) mass is 241 g/mol. The molecule has 2 aromatic rings. The van der Waals surface area contributed by atoms with E-state index in [4.69, 9.17) is 9.47 Å². The van der Waals surface area contributed by atoms with Crippen molar-refractivity contribution in [2.45, 2.75) is 6.18 Å². The van der Waals surface area contributed by atoms with E-state index in [9.17, 15) is 13.2 Å². The summed E-state index contributed by atoms with van der Waals surface area (Å²) in [7, 11) is 0. The molecule has 0 saturated carbocycles. The fraction of sp³-hybridized carbons (Fsp3) is 0.182. The fourth-order valence-corrected chi connectivity index (χ4v) is 1.67. The third-order valence-electron chi connectivity index (χ3n) is 2.47. The average molecular weight is 241 g/mol. The van der Waals surface area contributed by atoms with Gasteiger partial charge in [-0.1, -0.05) is 6.07 Å². The minimum absolute atomic E-state index is 0.0811. The molecule has 0 amide bonds. The van der Waals surface area contributed by atoms with E-state index in [-0.39, 0.29) is 12.3 Å². The molecule has 3 rings (SSSR count). The molecule has 2 heterocycles. The topological polar surface area (TPSA) is 31.4 Å². The maximum Gasteiger partial charge on any atom is 0.433 e. The van der Waals surface area contributed by atoms with Crippen LogP contribution in [-0.2, 0) is 6.18 Å². The Balaban J connectivity index is 2.20. The molecule has 0 atom stereocenters. The van der Waals surface area contributed by atoms with E-state index in [0.29, 0.717) is 16.9 Å². The van der Waals surface area contributed by atoms with Crippen LogP contribution in [-0.4, -0.2) is 11.8 Å². The zero-order valence-corrected chi connectivity index (χ0v) is 8.41. The van der Waals surface area contributed by atoms with Gasteiger partial charge in [0.2, 0.25) is 6.79 Å². The van der Waals surface area contributed by atoms with E-state index >= 15 is 0 Å². The average Bonchev–Trinajstić information content (AvgIpc) is 2.70. The van der Waals surface area contributed by atoms with Crippen molar-refractivity contribution in [1.29, 1.82) is 0 Å². The van der Waals surface area contributed by atoms with Crippen molar-refractivity contribution in [2.75, 3.05) is 6.79 Å². The summed E-state index contributed by atoms with van der Waals surface area (Å²) in [4.78, 5) is 3.56. The van der Waals surface area contributed by atoms with E-state index < -0.39 is 11.9 Å². The van der Waals surface area contributed by atoms with Crippen molar-refractivity contribution in [3.63, 3.8) is 0 Å². The van der Waals surface area contributed by atoms with E-state index in [1.54, 1.807) is 6.07 Å². The first kappa shape index (κ1) is 10.2. The van der Waals surface area contributed by atoms with Gasteiger partial charge in [-0.2, -0.15) is 13.2 Å². The lowest BCUT2D eigenvalue weighted by Gasteiger charge is -2.07. The number of halogens is 3. The lowest BCUT2D eigenvalue weighted by atomic mass is 10.2. The van der Waals surface area contributed by atoms with Crippen LogP contribution in [0.3, 0.4) is 0 Å². The molecule has 0 spiro atoms. The van der Waals surface area contributed by atoms with Crippen LogP contribution in [0.5, 0.6) is 11.5 Å². The quantitative estimate of drug-likeness (QED) is 0.710. The number of aromatic nitrogens is 1. The van der Waals surface area contributed by atoms with Gasteiger partial charge in [-0.3, -0.25) is 0 Å². The summed E-state index contributed by atoms with van der Waals surface area (Å²) in [5, 5.41) is 0.585. The molecular formula is C11H6F3NO2. The van der Waals surface area contributed by atoms with Crippen LogP contribution in [0.15, 0.2) is 24.3 Å². The summed E-state index contributed by atoms with van der Waals surface area (Å²) in [6.45, 7) is 0.0811. The van der Waals surface area contributed by atoms with Crippen LogP contribution in [0, 0.1) is 0 Å². The van der Waals surface area contributed by atoms with Gasteiger partial charge >= 0.3 is 6.18 Å². The Morgan fingerprint density at radius 1 is 1.06 bits per heavy atom. The fourth-order valence-electron chi connectivity index (χ4n) is 1.67. The molecule has 0 fully saturated rings. The van der Waals surface area contributed by atoms with Gasteiger partial charge in [0.1, 0.15) is 5.69 Å². The van der Waals surface area contributed by atoms with E-state index in [2.05, 4.69) is 4.98 Å². The number of rotatable bonds is 0. The summed E-state index contributed by atoms with van der Waals surface area (Å²) < 4.78 is 47.6. The molecule has 88 valence electrons. The van der Waals surface area contributed by atoms with Crippen LogP contribution in [0.25, 0.3) is 10.9 Å². The Bertz CT molecular complexity index is 595. The number of fused-ring (bicyclic) bond motifs is 2. The molecule has 1 aliphatic heterocycles. The number of alkyl halides is 3. The third kappa shape index (κ3) is 1.65. The third-order valence-corrected chi connectivity index (χ3v) is 2.47. The standard InChI is InChI=1S/C11H6F3NO2/c12-11(13,14)10-2-1-6-3-8-9(17-5-16-8)4-7(6)15-10/h1-4H,5H2. The van der Waals surface area contributed by atoms with Gasteiger partial charge in [0.05, 0.1) is 5.52 Å². The van der Waals surface area contributed by atoms with Crippen LogP contribution >= 0.6 is 0 Å². The maximum absolute atomic E-state index is 12.5.